The minimum Gasteiger partial charge on any atom is -0.373 e. The quantitative estimate of drug-likeness (QED) is 0.906. The maximum absolute atomic E-state index is 5.86. The van der Waals surface area contributed by atoms with Gasteiger partial charge < -0.3 is 10.1 Å². The molecule has 2 heterocycles. The molecule has 1 fully saturated rings. The van der Waals surface area contributed by atoms with E-state index < -0.39 is 0 Å². The van der Waals surface area contributed by atoms with E-state index in [1.54, 1.807) is 0 Å². The predicted octanol–water partition coefficient (Wildman–Crippen LogP) is 3.17. The Labute approximate surface area is 117 Å². The van der Waals surface area contributed by atoms with Crippen molar-refractivity contribution in [3.8, 4) is 0 Å². The standard InChI is InChI=1S/C14H21BrN2O/c1-10(2)6-16-7-11-3-4-18-14(11)12-5-13(15)9-17-8-12/h5,8-11,14,16H,3-4,6-7H2,1-2H3. The average Bonchev–Trinajstić information content (AvgIpc) is 2.77. The van der Waals surface area contributed by atoms with E-state index >= 15 is 0 Å². The van der Waals surface area contributed by atoms with Crippen molar-refractivity contribution < 1.29 is 4.74 Å². The Balaban J connectivity index is 1.95. The third kappa shape index (κ3) is 3.77. The van der Waals surface area contributed by atoms with Gasteiger partial charge in [-0.2, -0.15) is 0 Å². The first-order chi connectivity index (χ1) is 8.66. The van der Waals surface area contributed by atoms with E-state index in [1.165, 1.54) is 5.56 Å². The number of hydrogen-bond donors (Lipinski definition) is 1. The second-order valence-electron chi connectivity index (χ2n) is 5.33. The van der Waals surface area contributed by atoms with Gasteiger partial charge >= 0.3 is 0 Å². The van der Waals surface area contributed by atoms with Crippen LogP contribution in [0.15, 0.2) is 22.9 Å². The third-order valence-corrected chi connectivity index (χ3v) is 3.66. The molecule has 0 amide bonds. The molecule has 2 rings (SSSR count). The van der Waals surface area contributed by atoms with Crippen LogP contribution in [-0.2, 0) is 4.74 Å². The van der Waals surface area contributed by atoms with Crippen LogP contribution in [-0.4, -0.2) is 24.7 Å². The lowest BCUT2D eigenvalue weighted by Gasteiger charge is -2.20. The summed E-state index contributed by atoms with van der Waals surface area (Å²) in [5, 5.41) is 3.53. The Morgan fingerprint density at radius 1 is 1.50 bits per heavy atom. The van der Waals surface area contributed by atoms with Crippen LogP contribution in [0.4, 0.5) is 0 Å². The van der Waals surface area contributed by atoms with E-state index in [0.29, 0.717) is 11.8 Å². The molecule has 0 aromatic carbocycles. The molecule has 18 heavy (non-hydrogen) atoms. The molecule has 1 aliphatic heterocycles. The maximum Gasteiger partial charge on any atom is 0.0881 e. The highest BCUT2D eigenvalue weighted by Crippen LogP contribution is 2.34. The summed E-state index contributed by atoms with van der Waals surface area (Å²) in [5.74, 6) is 1.25. The van der Waals surface area contributed by atoms with Crippen molar-refractivity contribution >= 4 is 15.9 Å². The molecule has 2 atom stereocenters. The molecule has 4 heteroatoms. The van der Waals surface area contributed by atoms with Gasteiger partial charge in [-0.05, 0) is 40.9 Å². The lowest BCUT2D eigenvalue weighted by Crippen LogP contribution is -2.28. The van der Waals surface area contributed by atoms with Gasteiger partial charge in [0.05, 0.1) is 6.10 Å². The normalized spacial score (nSPS) is 23.8. The highest BCUT2D eigenvalue weighted by atomic mass is 79.9. The summed E-state index contributed by atoms with van der Waals surface area (Å²) >= 11 is 3.47. The molecular formula is C14H21BrN2O. The Morgan fingerprint density at radius 3 is 3.06 bits per heavy atom. The van der Waals surface area contributed by atoms with Crippen LogP contribution in [0.2, 0.25) is 0 Å². The number of hydrogen-bond acceptors (Lipinski definition) is 3. The van der Waals surface area contributed by atoms with Crippen molar-refractivity contribution in [1.29, 1.82) is 0 Å². The van der Waals surface area contributed by atoms with Gasteiger partial charge in [0.25, 0.3) is 0 Å². The maximum atomic E-state index is 5.86. The third-order valence-electron chi connectivity index (χ3n) is 3.23. The van der Waals surface area contributed by atoms with Crippen molar-refractivity contribution in [2.24, 2.45) is 11.8 Å². The van der Waals surface area contributed by atoms with E-state index in [9.17, 15) is 0 Å². The number of nitrogens with zero attached hydrogens (tertiary/aromatic N) is 1. The number of nitrogens with one attached hydrogen (secondary N) is 1. The number of rotatable bonds is 5. The van der Waals surface area contributed by atoms with Crippen LogP contribution in [0.1, 0.15) is 31.9 Å². The molecule has 0 aliphatic carbocycles. The summed E-state index contributed by atoms with van der Waals surface area (Å²) in [6.45, 7) is 7.40. The number of pyridine rings is 1. The van der Waals surface area contributed by atoms with Crippen LogP contribution < -0.4 is 5.32 Å². The summed E-state index contributed by atoms with van der Waals surface area (Å²) in [5.41, 5.74) is 1.18. The lowest BCUT2D eigenvalue weighted by atomic mass is 9.96. The van der Waals surface area contributed by atoms with Crippen molar-refractivity contribution in [3.05, 3.63) is 28.5 Å². The van der Waals surface area contributed by atoms with Gasteiger partial charge in [-0.1, -0.05) is 13.8 Å². The zero-order chi connectivity index (χ0) is 13.0. The van der Waals surface area contributed by atoms with Gasteiger partial charge in [0.2, 0.25) is 0 Å². The van der Waals surface area contributed by atoms with Gasteiger partial charge in [0.1, 0.15) is 0 Å². The Kier molecular flexibility index (Phi) is 5.15. The zero-order valence-corrected chi connectivity index (χ0v) is 12.6. The smallest absolute Gasteiger partial charge is 0.0881 e. The Bertz CT molecular complexity index is 384. The van der Waals surface area contributed by atoms with Gasteiger partial charge in [-0.15, -0.1) is 0 Å². The average molecular weight is 313 g/mol. The fraction of sp³-hybridized carbons (Fsp3) is 0.643. The topological polar surface area (TPSA) is 34.1 Å². The zero-order valence-electron chi connectivity index (χ0n) is 11.0. The van der Waals surface area contributed by atoms with Crippen molar-refractivity contribution in [2.75, 3.05) is 19.7 Å². The molecule has 1 saturated heterocycles. The SMILES string of the molecule is CC(C)CNCC1CCOC1c1cncc(Br)c1. The molecule has 0 saturated carbocycles. The Hall–Kier alpha value is -0.450. The summed E-state index contributed by atoms with van der Waals surface area (Å²) in [6.07, 6.45) is 5.04. The first-order valence-electron chi connectivity index (χ1n) is 6.59. The van der Waals surface area contributed by atoms with Crippen molar-refractivity contribution in [1.82, 2.24) is 10.3 Å². The van der Waals surface area contributed by atoms with Gasteiger partial charge in [0.15, 0.2) is 0 Å². The molecule has 100 valence electrons. The van der Waals surface area contributed by atoms with E-state index in [1.807, 2.05) is 12.4 Å². The summed E-state index contributed by atoms with van der Waals surface area (Å²) in [6, 6.07) is 2.11. The van der Waals surface area contributed by atoms with Crippen molar-refractivity contribution in [2.45, 2.75) is 26.4 Å². The first kappa shape index (κ1) is 14.0. The number of halogens is 1. The van der Waals surface area contributed by atoms with E-state index in [-0.39, 0.29) is 6.10 Å². The highest BCUT2D eigenvalue weighted by molar-refractivity contribution is 9.10. The molecular weight excluding hydrogens is 292 g/mol. The van der Waals surface area contributed by atoms with Crippen LogP contribution in [0.5, 0.6) is 0 Å². The predicted molar refractivity (Wildman–Crippen MR) is 76.4 cm³/mol. The van der Waals surface area contributed by atoms with Crippen LogP contribution >= 0.6 is 15.9 Å². The molecule has 0 spiro atoms. The summed E-state index contributed by atoms with van der Waals surface area (Å²) in [4.78, 5) is 4.22. The van der Waals surface area contributed by atoms with Crippen LogP contribution in [0.25, 0.3) is 0 Å². The largest absolute Gasteiger partial charge is 0.373 e. The molecule has 3 nitrogen and oxygen atoms in total. The van der Waals surface area contributed by atoms with Gasteiger partial charge in [0, 0.05) is 41.5 Å². The monoisotopic (exact) mass is 312 g/mol. The Morgan fingerprint density at radius 2 is 2.33 bits per heavy atom. The van der Waals surface area contributed by atoms with E-state index in [2.05, 4.69) is 46.1 Å². The first-order valence-corrected chi connectivity index (χ1v) is 7.39. The summed E-state index contributed by atoms with van der Waals surface area (Å²) in [7, 11) is 0. The van der Waals surface area contributed by atoms with Crippen molar-refractivity contribution in [3.63, 3.8) is 0 Å². The molecule has 1 N–H and O–H groups in total. The van der Waals surface area contributed by atoms with Crippen LogP contribution in [0.3, 0.4) is 0 Å². The van der Waals surface area contributed by atoms with E-state index in [0.717, 1.165) is 30.6 Å². The van der Waals surface area contributed by atoms with E-state index in [4.69, 9.17) is 4.74 Å². The highest BCUT2D eigenvalue weighted by Gasteiger charge is 2.29. The molecule has 0 radical (unpaired) electrons. The minimum atomic E-state index is 0.190. The molecule has 1 aromatic heterocycles. The fourth-order valence-corrected chi connectivity index (χ4v) is 2.74. The molecule has 1 aromatic rings. The molecule has 1 aliphatic rings. The number of ether oxygens (including phenoxy) is 1. The second kappa shape index (κ2) is 6.64. The number of aromatic nitrogens is 1. The lowest BCUT2D eigenvalue weighted by molar-refractivity contribution is 0.0900. The van der Waals surface area contributed by atoms with Gasteiger partial charge in [-0.3, -0.25) is 4.98 Å². The second-order valence-corrected chi connectivity index (χ2v) is 6.24. The van der Waals surface area contributed by atoms with Gasteiger partial charge in [-0.25, -0.2) is 0 Å². The summed E-state index contributed by atoms with van der Waals surface area (Å²) < 4.78 is 6.88. The minimum absolute atomic E-state index is 0.190. The molecule has 0 bridgehead atoms. The molecule has 2 unspecified atom stereocenters. The fourth-order valence-electron chi connectivity index (χ4n) is 2.35. The van der Waals surface area contributed by atoms with Crippen LogP contribution in [0, 0.1) is 11.8 Å².